The highest BCUT2D eigenvalue weighted by atomic mass is 16.5. The minimum Gasteiger partial charge on any atom is -0.493 e. The minimum absolute atomic E-state index is 0.461. The molecule has 0 heterocycles. The van der Waals surface area contributed by atoms with Crippen molar-refractivity contribution in [1.29, 1.82) is 0 Å². The Hall–Kier alpha value is -1.68. The fourth-order valence-electron chi connectivity index (χ4n) is 1.61. The van der Waals surface area contributed by atoms with Crippen LogP contribution in [0, 0.1) is 0 Å². The number of rotatable bonds is 5. The Morgan fingerprint density at radius 1 is 1.12 bits per heavy atom. The molecule has 1 rings (SSSR count). The summed E-state index contributed by atoms with van der Waals surface area (Å²) in [6.07, 6.45) is -0.787. The molecule has 1 unspecified atom stereocenters. The smallest absolute Gasteiger partial charge is 0.203 e. The van der Waals surface area contributed by atoms with Gasteiger partial charge in [0.1, 0.15) is 6.10 Å². The lowest BCUT2D eigenvalue weighted by Crippen LogP contribution is -2.04. The fourth-order valence-corrected chi connectivity index (χ4v) is 1.61. The Morgan fingerprint density at radius 2 is 1.71 bits per heavy atom. The van der Waals surface area contributed by atoms with Gasteiger partial charge in [-0.25, -0.2) is 0 Å². The van der Waals surface area contributed by atoms with Crippen LogP contribution in [0.1, 0.15) is 18.6 Å². The van der Waals surface area contributed by atoms with Crippen LogP contribution in [0.5, 0.6) is 17.2 Å². The molecule has 1 atom stereocenters. The van der Waals surface area contributed by atoms with Crippen LogP contribution in [-0.4, -0.2) is 26.4 Å². The summed E-state index contributed by atoms with van der Waals surface area (Å²) in [5, 5.41) is 10.0. The van der Waals surface area contributed by atoms with Gasteiger partial charge in [-0.3, -0.25) is 0 Å². The lowest BCUT2D eigenvalue weighted by molar-refractivity contribution is 0.208. The normalized spacial score (nSPS) is 11.8. The van der Waals surface area contributed by atoms with Crippen molar-refractivity contribution in [1.82, 2.24) is 0 Å². The van der Waals surface area contributed by atoms with Crippen molar-refractivity contribution < 1.29 is 19.3 Å². The fraction of sp³-hybridized carbons (Fsp3) is 0.385. The second kappa shape index (κ2) is 5.59. The van der Waals surface area contributed by atoms with Crippen molar-refractivity contribution in [3.63, 3.8) is 0 Å². The zero-order valence-corrected chi connectivity index (χ0v) is 10.6. The first-order valence-corrected chi connectivity index (χ1v) is 5.19. The predicted molar refractivity (Wildman–Crippen MR) is 65.9 cm³/mol. The van der Waals surface area contributed by atoms with Gasteiger partial charge in [0.15, 0.2) is 11.5 Å². The molecule has 0 aliphatic carbocycles. The molecule has 0 fully saturated rings. The van der Waals surface area contributed by atoms with E-state index in [9.17, 15) is 5.11 Å². The highest BCUT2D eigenvalue weighted by molar-refractivity contribution is 5.57. The Bertz CT molecular complexity index is 412. The minimum atomic E-state index is -0.787. The van der Waals surface area contributed by atoms with Gasteiger partial charge in [0.2, 0.25) is 5.75 Å². The van der Waals surface area contributed by atoms with Gasteiger partial charge in [-0.1, -0.05) is 6.58 Å². The van der Waals surface area contributed by atoms with E-state index in [-0.39, 0.29) is 0 Å². The largest absolute Gasteiger partial charge is 0.493 e. The van der Waals surface area contributed by atoms with E-state index in [2.05, 4.69) is 6.58 Å². The van der Waals surface area contributed by atoms with Crippen molar-refractivity contribution in [2.45, 2.75) is 13.0 Å². The molecule has 0 radical (unpaired) electrons. The topological polar surface area (TPSA) is 47.9 Å². The maximum atomic E-state index is 10.0. The van der Waals surface area contributed by atoms with E-state index in [0.29, 0.717) is 28.4 Å². The van der Waals surface area contributed by atoms with Gasteiger partial charge in [-0.15, -0.1) is 0 Å². The zero-order chi connectivity index (χ0) is 13.0. The maximum absolute atomic E-state index is 10.0. The Morgan fingerprint density at radius 3 is 2.12 bits per heavy atom. The predicted octanol–water partition coefficient (Wildman–Crippen LogP) is 2.32. The molecule has 0 aromatic heterocycles. The van der Waals surface area contributed by atoms with Crippen LogP contribution in [0.3, 0.4) is 0 Å². The number of benzene rings is 1. The number of hydrogen-bond donors (Lipinski definition) is 1. The third-order valence-corrected chi connectivity index (χ3v) is 2.50. The first-order chi connectivity index (χ1) is 8.06. The first kappa shape index (κ1) is 13.4. The third kappa shape index (κ3) is 2.53. The zero-order valence-electron chi connectivity index (χ0n) is 10.6. The van der Waals surface area contributed by atoms with Crippen LogP contribution in [-0.2, 0) is 0 Å². The van der Waals surface area contributed by atoms with Gasteiger partial charge in [-0.05, 0) is 24.6 Å². The molecule has 1 aromatic rings. The molecule has 0 saturated carbocycles. The number of hydrogen-bond acceptors (Lipinski definition) is 4. The number of methoxy groups -OCH3 is 3. The number of ether oxygens (including phenoxy) is 3. The number of aliphatic hydroxyl groups excluding tert-OH is 1. The van der Waals surface area contributed by atoms with E-state index in [1.165, 1.54) is 14.2 Å². The molecule has 0 aliphatic rings. The Balaban J connectivity index is 3.37. The van der Waals surface area contributed by atoms with Crippen LogP contribution in [0.25, 0.3) is 0 Å². The SMILES string of the molecule is C=C(C)C(O)c1ccc(OC)c(OC)c1OC. The van der Waals surface area contributed by atoms with Crippen LogP contribution in [0.15, 0.2) is 24.3 Å². The summed E-state index contributed by atoms with van der Waals surface area (Å²) in [4.78, 5) is 0. The molecule has 4 heteroatoms. The Labute approximate surface area is 101 Å². The van der Waals surface area contributed by atoms with Crippen molar-refractivity contribution in [2.75, 3.05) is 21.3 Å². The summed E-state index contributed by atoms with van der Waals surface area (Å²) in [6.45, 7) is 5.48. The van der Waals surface area contributed by atoms with Crippen molar-refractivity contribution in [2.24, 2.45) is 0 Å². The average Bonchev–Trinajstić information content (AvgIpc) is 2.35. The van der Waals surface area contributed by atoms with E-state index in [0.717, 1.165) is 0 Å². The van der Waals surface area contributed by atoms with Crippen LogP contribution < -0.4 is 14.2 Å². The molecule has 0 aliphatic heterocycles. The monoisotopic (exact) mass is 238 g/mol. The average molecular weight is 238 g/mol. The second-order valence-corrected chi connectivity index (χ2v) is 3.67. The molecule has 0 amide bonds. The van der Waals surface area contributed by atoms with Gasteiger partial charge in [0.05, 0.1) is 21.3 Å². The van der Waals surface area contributed by atoms with Gasteiger partial charge >= 0.3 is 0 Å². The van der Waals surface area contributed by atoms with Crippen molar-refractivity contribution in [3.05, 3.63) is 29.8 Å². The molecule has 17 heavy (non-hydrogen) atoms. The molecular weight excluding hydrogens is 220 g/mol. The van der Waals surface area contributed by atoms with Crippen LogP contribution >= 0.6 is 0 Å². The summed E-state index contributed by atoms with van der Waals surface area (Å²) >= 11 is 0. The van der Waals surface area contributed by atoms with E-state index in [1.807, 2.05) is 0 Å². The molecular formula is C13H18O4. The molecule has 1 N–H and O–H groups in total. The first-order valence-electron chi connectivity index (χ1n) is 5.19. The quantitative estimate of drug-likeness (QED) is 0.800. The van der Waals surface area contributed by atoms with Crippen LogP contribution in [0.2, 0.25) is 0 Å². The number of aliphatic hydroxyl groups is 1. The van der Waals surface area contributed by atoms with E-state index in [4.69, 9.17) is 14.2 Å². The lowest BCUT2D eigenvalue weighted by Gasteiger charge is -2.19. The van der Waals surface area contributed by atoms with Crippen molar-refractivity contribution >= 4 is 0 Å². The highest BCUT2D eigenvalue weighted by Gasteiger charge is 2.20. The summed E-state index contributed by atoms with van der Waals surface area (Å²) < 4.78 is 15.7. The molecule has 0 spiro atoms. The van der Waals surface area contributed by atoms with E-state index in [1.54, 1.807) is 26.2 Å². The van der Waals surface area contributed by atoms with Gasteiger partial charge in [0.25, 0.3) is 0 Å². The maximum Gasteiger partial charge on any atom is 0.203 e. The molecule has 0 saturated heterocycles. The molecule has 1 aromatic carbocycles. The lowest BCUT2D eigenvalue weighted by atomic mass is 10.0. The molecule has 4 nitrogen and oxygen atoms in total. The third-order valence-electron chi connectivity index (χ3n) is 2.50. The molecule has 0 bridgehead atoms. The summed E-state index contributed by atoms with van der Waals surface area (Å²) in [5.74, 6) is 1.48. The van der Waals surface area contributed by atoms with Crippen LogP contribution in [0.4, 0.5) is 0 Å². The molecule has 94 valence electrons. The highest BCUT2D eigenvalue weighted by Crippen LogP contribution is 2.43. The van der Waals surface area contributed by atoms with Gasteiger partial charge < -0.3 is 19.3 Å². The van der Waals surface area contributed by atoms with Crippen molar-refractivity contribution in [3.8, 4) is 17.2 Å². The Kier molecular flexibility index (Phi) is 4.40. The summed E-state index contributed by atoms with van der Waals surface area (Å²) in [6, 6.07) is 3.46. The van der Waals surface area contributed by atoms with Gasteiger partial charge in [-0.2, -0.15) is 0 Å². The van der Waals surface area contributed by atoms with E-state index >= 15 is 0 Å². The van der Waals surface area contributed by atoms with E-state index < -0.39 is 6.10 Å². The second-order valence-electron chi connectivity index (χ2n) is 3.67. The summed E-state index contributed by atoms with van der Waals surface area (Å²) in [7, 11) is 4.59. The van der Waals surface area contributed by atoms with Gasteiger partial charge in [0, 0.05) is 5.56 Å². The standard InChI is InChI=1S/C13H18O4/c1-8(2)11(14)9-6-7-10(15-3)13(17-5)12(9)16-4/h6-7,11,14H,1H2,2-5H3. The summed E-state index contributed by atoms with van der Waals surface area (Å²) in [5.41, 5.74) is 1.24.